The van der Waals surface area contributed by atoms with Gasteiger partial charge in [0.05, 0.1) is 11.6 Å². The van der Waals surface area contributed by atoms with Crippen LogP contribution in [0, 0.1) is 20.7 Å². The van der Waals surface area contributed by atoms with Crippen LogP contribution < -0.4 is 5.32 Å². The Morgan fingerprint density at radius 2 is 1.94 bits per heavy atom. The third-order valence-corrected chi connectivity index (χ3v) is 2.81. The second-order valence-corrected chi connectivity index (χ2v) is 4.72. The number of nitrogens with zero attached hydrogens (tertiary/aromatic N) is 1. The lowest BCUT2D eigenvalue weighted by atomic mass is 10.2. The summed E-state index contributed by atoms with van der Waals surface area (Å²) in [5.74, 6) is -0.419. The van der Waals surface area contributed by atoms with Crippen molar-refractivity contribution in [3.63, 3.8) is 0 Å². The fourth-order valence-electron chi connectivity index (χ4n) is 1.46. The number of hydrogen-bond donors (Lipinski definition) is 1. The Labute approximate surface area is 112 Å². The molecule has 1 N–H and O–H groups in total. The lowest BCUT2D eigenvalue weighted by Crippen LogP contribution is -1.92. The van der Waals surface area contributed by atoms with Gasteiger partial charge in [-0.15, -0.1) is 0 Å². The molecule has 2 aromatic rings. The molecule has 0 radical (unpaired) electrons. The van der Waals surface area contributed by atoms with Crippen LogP contribution in [0.1, 0.15) is 5.56 Å². The maximum atomic E-state index is 13.2. The van der Waals surface area contributed by atoms with Crippen molar-refractivity contribution >= 4 is 34.0 Å². The molecule has 0 saturated heterocycles. The largest absolute Gasteiger partial charge is 0.355 e. The van der Waals surface area contributed by atoms with Gasteiger partial charge in [-0.2, -0.15) is 5.26 Å². The van der Waals surface area contributed by atoms with Crippen molar-refractivity contribution < 1.29 is 4.39 Å². The van der Waals surface area contributed by atoms with Gasteiger partial charge in [0.15, 0.2) is 0 Å². The molecule has 0 unspecified atom stereocenters. The lowest BCUT2D eigenvalue weighted by molar-refractivity contribution is 0.628. The molecule has 0 aliphatic carbocycles. The molecule has 0 aliphatic heterocycles. The molecule has 0 atom stereocenters. The maximum Gasteiger partial charge on any atom is 0.126 e. The van der Waals surface area contributed by atoms with Crippen molar-refractivity contribution in [2.24, 2.45) is 0 Å². The average molecular weight is 338 g/mol. The molecule has 0 heterocycles. The minimum absolute atomic E-state index is 0.304. The summed E-state index contributed by atoms with van der Waals surface area (Å²) in [6.07, 6.45) is 0. The molecular formula is C13H8FIN2. The second kappa shape index (κ2) is 5.15. The SMILES string of the molecule is N#Cc1cc(F)cc(Nc2cccc(I)c2)c1. The summed E-state index contributed by atoms with van der Waals surface area (Å²) < 4.78 is 14.3. The van der Waals surface area contributed by atoms with E-state index in [1.54, 1.807) is 6.07 Å². The van der Waals surface area contributed by atoms with E-state index in [2.05, 4.69) is 27.9 Å². The zero-order valence-corrected chi connectivity index (χ0v) is 10.9. The van der Waals surface area contributed by atoms with Gasteiger partial charge in [0.2, 0.25) is 0 Å². The van der Waals surface area contributed by atoms with Crippen LogP contribution >= 0.6 is 22.6 Å². The number of halogens is 2. The predicted octanol–water partition coefficient (Wildman–Crippen LogP) is 4.05. The first kappa shape index (κ1) is 11.9. The van der Waals surface area contributed by atoms with Crippen LogP contribution in [0.5, 0.6) is 0 Å². The number of rotatable bonds is 2. The van der Waals surface area contributed by atoms with Gasteiger partial charge in [-0.1, -0.05) is 6.07 Å². The fourth-order valence-corrected chi connectivity index (χ4v) is 2.00. The van der Waals surface area contributed by atoms with E-state index in [4.69, 9.17) is 5.26 Å². The molecule has 2 rings (SSSR count). The number of anilines is 2. The van der Waals surface area contributed by atoms with E-state index in [1.165, 1.54) is 12.1 Å². The summed E-state index contributed by atoms with van der Waals surface area (Å²) >= 11 is 2.20. The Hall–Kier alpha value is -1.61. The Morgan fingerprint density at radius 3 is 2.65 bits per heavy atom. The van der Waals surface area contributed by atoms with Crippen LogP contribution in [-0.4, -0.2) is 0 Å². The molecule has 0 fully saturated rings. The van der Waals surface area contributed by atoms with Gasteiger partial charge >= 0.3 is 0 Å². The number of nitrogens with one attached hydrogen (secondary N) is 1. The van der Waals surface area contributed by atoms with Gasteiger partial charge in [-0.3, -0.25) is 0 Å². The summed E-state index contributed by atoms with van der Waals surface area (Å²) in [4.78, 5) is 0. The zero-order valence-electron chi connectivity index (χ0n) is 8.74. The predicted molar refractivity (Wildman–Crippen MR) is 73.6 cm³/mol. The summed E-state index contributed by atoms with van der Waals surface area (Å²) in [7, 11) is 0. The molecule has 4 heteroatoms. The molecule has 17 heavy (non-hydrogen) atoms. The van der Waals surface area contributed by atoms with Crippen molar-refractivity contribution in [2.45, 2.75) is 0 Å². The van der Waals surface area contributed by atoms with Crippen LogP contribution in [0.2, 0.25) is 0 Å². The highest BCUT2D eigenvalue weighted by Gasteiger charge is 2.01. The molecular weight excluding hydrogens is 330 g/mol. The van der Waals surface area contributed by atoms with Crippen LogP contribution in [-0.2, 0) is 0 Å². The normalized spacial score (nSPS) is 9.71. The quantitative estimate of drug-likeness (QED) is 0.839. The first-order chi connectivity index (χ1) is 8.17. The smallest absolute Gasteiger partial charge is 0.126 e. The summed E-state index contributed by atoms with van der Waals surface area (Å²) in [6.45, 7) is 0. The minimum Gasteiger partial charge on any atom is -0.355 e. The van der Waals surface area contributed by atoms with Crippen molar-refractivity contribution in [2.75, 3.05) is 5.32 Å². The maximum absolute atomic E-state index is 13.2. The van der Waals surface area contributed by atoms with Crippen LogP contribution in [0.4, 0.5) is 15.8 Å². The third kappa shape index (κ3) is 3.17. The van der Waals surface area contributed by atoms with Gasteiger partial charge in [-0.25, -0.2) is 4.39 Å². The summed E-state index contributed by atoms with van der Waals surface area (Å²) in [6, 6.07) is 13.8. The van der Waals surface area contributed by atoms with E-state index in [0.29, 0.717) is 11.3 Å². The monoisotopic (exact) mass is 338 g/mol. The van der Waals surface area contributed by atoms with E-state index in [1.807, 2.05) is 30.3 Å². The molecule has 0 spiro atoms. The average Bonchev–Trinajstić information content (AvgIpc) is 2.28. The topological polar surface area (TPSA) is 35.8 Å². The Balaban J connectivity index is 2.30. The molecule has 2 nitrogen and oxygen atoms in total. The van der Waals surface area contributed by atoms with Crippen molar-refractivity contribution in [3.05, 3.63) is 57.4 Å². The molecule has 2 aromatic carbocycles. The fraction of sp³-hybridized carbons (Fsp3) is 0. The highest BCUT2D eigenvalue weighted by atomic mass is 127. The van der Waals surface area contributed by atoms with Crippen LogP contribution in [0.25, 0.3) is 0 Å². The van der Waals surface area contributed by atoms with E-state index in [0.717, 1.165) is 9.26 Å². The van der Waals surface area contributed by atoms with Crippen LogP contribution in [0.15, 0.2) is 42.5 Å². The first-order valence-electron chi connectivity index (χ1n) is 4.90. The van der Waals surface area contributed by atoms with Gasteiger partial charge < -0.3 is 5.32 Å². The van der Waals surface area contributed by atoms with Gasteiger partial charge in [0.25, 0.3) is 0 Å². The van der Waals surface area contributed by atoms with E-state index < -0.39 is 5.82 Å². The molecule has 0 amide bonds. The number of benzene rings is 2. The third-order valence-electron chi connectivity index (χ3n) is 2.14. The van der Waals surface area contributed by atoms with Gasteiger partial charge in [0, 0.05) is 14.9 Å². The van der Waals surface area contributed by atoms with E-state index in [-0.39, 0.29) is 0 Å². The minimum atomic E-state index is -0.419. The molecule has 0 saturated carbocycles. The van der Waals surface area contributed by atoms with Gasteiger partial charge in [0.1, 0.15) is 5.82 Å². The second-order valence-electron chi connectivity index (χ2n) is 3.48. The van der Waals surface area contributed by atoms with Crippen LogP contribution in [0.3, 0.4) is 0 Å². The van der Waals surface area contributed by atoms with Gasteiger partial charge in [-0.05, 0) is 59.0 Å². The van der Waals surface area contributed by atoms with Crippen molar-refractivity contribution in [3.8, 4) is 6.07 Å². The standard InChI is InChI=1S/C13H8FIN2/c14-10-4-9(8-16)5-13(6-10)17-12-3-1-2-11(15)7-12/h1-7,17H. The molecule has 0 aromatic heterocycles. The summed E-state index contributed by atoms with van der Waals surface area (Å²) in [5.41, 5.74) is 1.74. The molecule has 0 bridgehead atoms. The number of hydrogen-bond acceptors (Lipinski definition) is 2. The summed E-state index contributed by atoms with van der Waals surface area (Å²) in [5, 5.41) is 11.8. The zero-order chi connectivity index (χ0) is 12.3. The van der Waals surface area contributed by atoms with E-state index in [9.17, 15) is 4.39 Å². The number of nitriles is 1. The first-order valence-corrected chi connectivity index (χ1v) is 5.98. The molecule has 84 valence electrons. The molecule has 0 aliphatic rings. The highest BCUT2D eigenvalue weighted by molar-refractivity contribution is 14.1. The van der Waals surface area contributed by atoms with Crippen molar-refractivity contribution in [1.82, 2.24) is 0 Å². The highest BCUT2D eigenvalue weighted by Crippen LogP contribution is 2.20. The van der Waals surface area contributed by atoms with Crippen molar-refractivity contribution in [1.29, 1.82) is 5.26 Å². The Kier molecular flexibility index (Phi) is 3.59. The Bertz CT molecular complexity index is 590. The lowest BCUT2D eigenvalue weighted by Gasteiger charge is -2.07. The van der Waals surface area contributed by atoms with E-state index >= 15 is 0 Å². The Morgan fingerprint density at radius 1 is 1.12 bits per heavy atom.